The van der Waals surface area contributed by atoms with Gasteiger partial charge in [-0.1, -0.05) is 43.0 Å². The Kier molecular flexibility index (Phi) is 8.12. The van der Waals surface area contributed by atoms with E-state index in [4.69, 9.17) is 16.5 Å². The fraction of sp³-hybridized carbons (Fsp3) is 0.100. The Labute approximate surface area is 244 Å². The van der Waals surface area contributed by atoms with Gasteiger partial charge in [0.05, 0.1) is 40.1 Å². The van der Waals surface area contributed by atoms with Gasteiger partial charge in [-0.05, 0) is 24.3 Å². The Morgan fingerprint density at radius 2 is 1.81 bits per heavy atom. The van der Waals surface area contributed by atoms with Crippen molar-refractivity contribution >= 4 is 34.0 Å². The van der Waals surface area contributed by atoms with Gasteiger partial charge >= 0.3 is 0 Å². The van der Waals surface area contributed by atoms with E-state index in [2.05, 4.69) is 31.9 Å². The van der Waals surface area contributed by atoms with Crippen LogP contribution >= 0.6 is 11.3 Å². The number of hydrogen-bond donors (Lipinski definition) is 2. The second-order valence-corrected chi connectivity index (χ2v) is 9.66. The number of nitrogens with two attached hydrogens (primary N) is 2. The van der Waals surface area contributed by atoms with Crippen molar-refractivity contribution in [1.29, 1.82) is 0 Å². The van der Waals surface area contributed by atoms with Crippen LogP contribution in [0.15, 0.2) is 82.8 Å². The first-order chi connectivity index (χ1) is 20.4. The molecule has 2 aromatic carbocycles. The second-order valence-electron chi connectivity index (χ2n) is 8.94. The number of carbonyl (C=O) groups excluding carboxylic acids is 1. The number of nitrogens with zero attached hydrogens (tertiary/aromatic N) is 7. The van der Waals surface area contributed by atoms with E-state index < -0.39 is 5.91 Å². The number of fused-ring (bicyclic) bond motifs is 1. The molecule has 4 N–H and O–H groups in total. The quantitative estimate of drug-likeness (QED) is 0.303. The molecule has 4 aromatic heterocycles. The van der Waals surface area contributed by atoms with Crippen LogP contribution in [0.4, 0.5) is 5.82 Å². The van der Waals surface area contributed by atoms with E-state index in [0.29, 0.717) is 34.3 Å². The van der Waals surface area contributed by atoms with Gasteiger partial charge in [0, 0.05) is 30.6 Å². The van der Waals surface area contributed by atoms with Crippen LogP contribution in [-0.2, 0) is 13.5 Å². The third kappa shape index (κ3) is 5.91. The molecule has 0 atom stereocenters. The van der Waals surface area contributed by atoms with Gasteiger partial charge in [0.2, 0.25) is 0 Å². The lowest BCUT2D eigenvalue weighted by Gasteiger charge is -2.13. The van der Waals surface area contributed by atoms with Crippen molar-refractivity contribution in [3.8, 4) is 28.9 Å². The smallest absolute Gasteiger partial charge is 0.271 e. The number of benzene rings is 2. The Morgan fingerprint density at radius 3 is 2.48 bits per heavy atom. The van der Waals surface area contributed by atoms with Crippen LogP contribution in [0, 0.1) is 11.8 Å². The highest BCUT2D eigenvalue weighted by Crippen LogP contribution is 2.18. The summed E-state index contributed by atoms with van der Waals surface area (Å²) >= 11 is 1.43. The van der Waals surface area contributed by atoms with Crippen LogP contribution in [0.1, 0.15) is 34.4 Å². The molecule has 42 heavy (non-hydrogen) atoms. The van der Waals surface area contributed by atoms with E-state index in [1.54, 1.807) is 26.3 Å². The number of primary amides is 1. The van der Waals surface area contributed by atoms with E-state index in [9.17, 15) is 9.59 Å². The summed E-state index contributed by atoms with van der Waals surface area (Å²) in [6.07, 6.45) is 5.66. The summed E-state index contributed by atoms with van der Waals surface area (Å²) in [4.78, 5) is 40.9. The lowest BCUT2D eigenvalue weighted by Crippen LogP contribution is -2.24. The molecular weight excluding hydrogens is 550 g/mol. The largest absolute Gasteiger partial charge is 0.382 e. The number of para-hydroxylation sites is 1. The fourth-order valence-corrected chi connectivity index (χ4v) is 4.67. The van der Waals surface area contributed by atoms with Gasteiger partial charge in [-0.3, -0.25) is 18.8 Å². The molecule has 1 amide bonds. The molecule has 0 aliphatic rings. The Balaban J connectivity index is 0.000000199. The minimum Gasteiger partial charge on any atom is -0.382 e. The van der Waals surface area contributed by atoms with Crippen molar-refractivity contribution in [2.24, 2.45) is 12.8 Å². The van der Waals surface area contributed by atoms with Crippen molar-refractivity contribution in [3.63, 3.8) is 0 Å². The zero-order valence-corrected chi connectivity index (χ0v) is 23.5. The molecule has 0 saturated heterocycles. The Morgan fingerprint density at radius 1 is 1.00 bits per heavy atom. The second kappa shape index (κ2) is 12.2. The SMILES string of the molecule is CCc1nc2cccc(C#Cc3cnn(C)c3)c2c(=O)n1-c1ccccc1.NC(=O)c1nc(-c2cscn2)cnc1N. The number of hydrogen-bond acceptors (Lipinski definition) is 9. The molecule has 0 bridgehead atoms. The van der Waals surface area contributed by atoms with Crippen molar-refractivity contribution in [3.05, 3.63) is 111 Å². The first-order valence-electron chi connectivity index (χ1n) is 12.8. The zero-order valence-electron chi connectivity index (χ0n) is 22.7. The normalized spacial score (nSPS) is 10.4. The monoisotopic (exact) mass is 575 g/mol. The van der Waals surface area contributed by atoms with Gasteiger partial charge in [0.1, 0.15) is 17.2 Å². The molecule has 0 fully saturated rings. The molecule has 12 heteroatoms. The summed E-state index contributed by atoms with van der Waals surface area (Å²) < 4.78 is 3.38. The third-order valence-electron chi connectivity index (χ3n) is 6.07. The molecular formula is C30H25N9O2S. The molecule has 0 unspecified atom stereocenters. The molecule has 0 radical (unpaired) electrons. The predicted octanol–water partition coefficient (Wildman–Crippen LogP) is 3.36. The number of aryl methyl sites for hydroxylation is 2. The summed E-state index contributed by atoms with van der Waals surface area (Å²) in [7, 11) is 1.85. The van der Waals surface area contributed by atoms with Crippen molar-refractivity contribution in [2.45, 2.75) is 13.3 Å². The number of carbonyl (C=O) groups is 1. The van der Waals surface area contributed by atoms with Gasteiger partial charge in [-0.15, -0.1) is 11.3 Å². The van der Waals surface area contributed by atoms with E-state index in [-0.39, 0.29) is 17.1 Å². The minimum atomic E-state index is -0.697. The molecule has 208 valence electrons. The standard InChI is InChI=1S/C22H18N4O.C8H7N5OS/c1-3-20-24-19-11-7-8-17(13-12-16-14-23-25(2)15-16)21(19)22(27)26(20)18-9-5-4-6-10-18;9-7-6(8(10)14)13-4(1-11-7)5-2-15-3-12-5/h4-11,14-15H,3H2,1-2H3;1-3H,(H2,9,11)(H2,10,14). The first-order valence-corrected chi connectivity index (χ1v) is 13.7. The average molecular weight is 576 g/mol. The fourth-order valence-electron chi connectivity index (χ4n) is 4.13. The summed E-state index contributed by atoms with van der Waals surface area (Å²) in [6, 6.07) is 15.2. The van der Waals surface area contributed by atoms with Gasteiger partial charge in [0.15, 0.2) is 11.5 Å². The van der Waals surface area contributed by atoms with Crippen LogP contribution in [0.2, 0.25) is 0 Å². The molecule has 0 aliphatic carbocycles. The summed E-state index contributed by atoms with van der Waals surface area (Å²) in [5.74, 6) is 6.26. The highest BCUT2D eigenvalue weighted by Gasteiger charge is 2.14. The number of thiazole rings is 1. The summed E-state index contributed by atoms with van der Waals surface area (Å²) in [5, 5.41) is 6.45. The maximum absolute atomic E-state index is 13.4. The van der Waals surface area contributed by atoms with Gasteiger partial charge in [-0.2, -0.15) is 5.10 Å². The van der Waals surface area contributed by atoms with Crippen LogP contribution in [0.25, 0.3) is 28.0 Å². The lowest BCUT2D eigenvalue weighted by atomic mass is 10.1. The minimum absolute atomic E-state index is 0.0273. The zero-order chi connectivity index (χ0) is 29.6. The van der Waals surface area contributed by atoms with E-state index in [0.717, 1.165) is 17.1 Å². The van der Waals surface area contributed by atoms with Gasteiger partial charge in [0.25, 0.3) is 11.5 Å². The highest BCUT2D eigenvalue weighted by atomic mass is 32.1. The van der Waals surface area contributed by atoms with Crippen LogP contribution < -0.4 is 17.0 Å². The van der Waals surface area contributed by atoms with Gasteiger partial charge in [-0.25, -0.2) is 19.9 Å². The maximum Gasteiger partial charge on any atom is 0.271 e. The van der Waals surface area contributed by atoms with E-state index in [1.165, 1.54) is 17.5 Å². The Bertz CT molecular complexity index is 2000. The highest BCUT2D eigenvalue weighted by molar-refractivity contribution is 7.07. The molecule has 0 spiro atoms. The van der Waals surface area contributed by atoms with Crippen LogP contribution in [0.3, 0.4) is 0 Å². The number of rotatable bonds is 4. The molecule has 6 aromatic rings. The molecule has 4 heterocycles. The Hall–Kier alpha value is -5.67. The predicted molar refractivity (Wildman–Crippen MR) is 162 cm³/mol. The maximum atomic E-state index is 13.4. The van der Waals surface area contributed by atoms with E-state index in [1.807, 2.05) is 68.7 Å². The van der Waals surface area contributed by atoms with Crippen LogP contribution in [0.5, 0.6) is 0 Å². The topological polar surface area (TPSA) is 160 Å². The summed E-state index contributed by atoms with van der Waals surface area (Å²) in [6.45, 7) is 2.00. The summed E-state index contributed by atoms with van der Waals surface area (Å²) in [5.41, 5.74) is 16.2. The first kappa shape index (κ1) is 27.9. The molecule has 6 rings (SSSR count). The lowest BCUT2D eigenvalue weighted by molar-refractivity contribution is 0.0996. The number of anilines is 1. The third-order valence-corrected chi connectivity index (χ3v) is 6.66. The molecule has 0 saturated carbocycles. The number of nitrogen functional groups attached to an aromatic ring is 1. The van der Waals surface area contributed by atoms with Crippen molar-refractivity contribution in [2.75, 3.05) is 5.73 Å². The molecule has 0 aliphatic heterocycles. The average Bonchev–Trinajstić information content (AvgIpc) is 3.69. The number of amides is 1. The van der Waals surface area contributed by atoms with Crippen molar-refractivity contribution in [1.82, 2.24) is 34.3 Å². The number of aromatic nitrogens is 7. The van der Waals surface area contributed by atoms with Gasteiger partial charge < -0.3 is 11.5 Å². The molecule has 11 nitrogen and oxygen atoms in total. The van der Waals surface area contributed by atoms with Crippen molar-refractivity contribution < 1.29 is 4.79 Å². The van der Waals surface area contributed by atoms with Crippen LogP contribution in [-0.4, -0.2) is 40.2 Å². The van der Waals surface area contributed by atoms with E-state index >= 15 is 0 Å².